The third-order valence-corrected chi connectivity index (χ3v) is 3.01. The number of hydrogen-bond donors (Lipinski definition) is 1. The van der Waals surface area contributed by atoms with Crippen molar-refractivity contribution in [3.05, 3.63) is 34.9 Å². The molecule has 3 heteroatoms. The Bertz CT molecular complexity index is 348. The maximum Gasteiger partial charge on any atom is 0.169 e. The first kappa shape index (κ1) is 14.2. The van der Waals surface area contributed by atoms with E-state index < -0.39 is 0 Å². The summed E-state index contributed by atoms with van der Waals surface area (Å²) in [4.78, 5) is 0. The summed E-state index contributed by atoms with van der Waals surface area (Å²) in [5.41, 5.74) is 3.93. The highest BCUT2D eigenvalue weighted by Crippen LogP contribution is 2.18. The van der Waals surface area contributed by atoms with Crippen LogP contribution in [-0.4, -0.2) is 27.1 Å². The standard InChI is InChI=1S/C14H23NO2/c1-10-6-7-13(11(2)8-10)12(3)15-9-14(16-4)17-5/h6-8,12,14-15H,9H2,1-5H3. The molecular weight excluding hydrogens is 214 g/mol. The molecule has 0 saturated heterocycles. The Balaban J connectivity index is 2.60. The Hall–Kier alpha value is -0.900. The molecule has 1 N–H and O–H groups in total. The Morgan fingerprint density at radius 3 is 2.35 bits per heavy atom. The third kappa shape index (κ3) is 4.11. The molecule has 96 valence electrons. The third-order valence-electron chi connectivity index (χ3n) is 3.01. The van der Waals surface area contributed by atoms with Crippen molar-refractivity contribution in [3.8, 4) is 0 Å². The van der Waals surface area contributed by atoms with Gasteiger partial charge >= 0.3 is 0 Å². The highest BCUT2D eigenvalue weighted by Gasteiger charge is 2.11. The normalized spacial score (nSPS) is 13.1. The molecule has 1 rings (SSSR count). The van der Waals surface area contributed by atoms with Crippen molar-refractivity contribution in [2.75, 3.05) is 20.8 Å². The SMILES string of the molecule is COC(CNC(C)c1ccc(C)cc1C)OC. The lowest BCUT2D eigenvalue weighted by molar-refractivity contribution is -0.0997. The zero-order valence-corrected chi connectivity index (χ0v) is 11.4. The summed E-state index contributed by atoms with van der Waals surface area (Å²) < 4.78 is 10.3. The summed E-state index contributed by atoms with van der Waals surface area (Å²) in [6.07, 6.45) is -0.191. The second-order valence-corrected chi connectivity index (χ2v) is 4.39. The smallest absolute Gasteiger partial charge is 0.169 e. The van der Waals surface area contributed by atoms with E-state index in [-0.39, 0.29) is 6.29 Å². The van der Waals surface area contributed by atoms with Crippen LogP contribution in [0, 0.1) is 13.8 Å². The van der Waals surface area contributed by atoms with Gasteiger partial charge in [-0.25, -0.2) is 0 Å². The minimum Gasteiger partial charge on any atom is -0.355 e. The van der Waals surface area contributed by atoms with E-state index in [0.29, 0.717) is 12.6 Å². The van der Waals surface area contributed by atoms with E-state index in [1.807, 2.05) is 0 Å². The van der Waals surface area contributed by atoms with Crippen LogP contribution in [0.4, 0.5) is 0 Å². The van der Waals surface area contributed by atoms with Gasteiger partial charge in [0.2, 0.25) is 0 Å². The van der Waals surface area contributed by atoms with Crippen LogP contribution < -0.4 is 5.32 Å². The van der Waals surface area contributed by atoms with Crippen molar-refractivity contribution in [3.63, 3.8) is 0 Å². The van der Waals surface area contributed by atoms with Crippen LogP contribution in [0.2, 0.25) is 0 Å². The van der Waals surface area contributed by atoms with Gasteiger partial charge in [-0.1, -0.05) is 23.8 Å². The molecule has 0 heterocycles. The van der Waals surface area contributed by atoms with E-state index in [4.69, 9.17) is 9.47 Å². The molecule has 1 unspecified atom stereocenters. The lowest BCUT2D eigenvalue weighted by Crippen LogP contribution is -2.31. The second kappa shape index (κ2) is 6.74. The van der Waals surface area contributed by atoms with Crippen molar-refractivity contribution in [1.82, 2.24) is 5.32 Å². The molecule has 0 amide bonds. The van der Waals surface area contributed by atoms with E-state index in [1.54, 1.807) is 14.2 Å². The zero-order chi connectivity index (χ0) is 12.8. The van der Waals surface area contributed by atoms with Gasteiger partial charge in [-0.05, 0) is 31.9 Å². The number of hydrogen-bond acceptors (Lipinski definition) is 3. The van der Waals surface area contributed by atoms with Gasteiger partial charge in [0.25, 0.3) is 0 Å². The molecule has 1 aromatic carbocycles. The molecule has 0 aliphatic rings. The molecule has 1 aromatic rings. The van der Waals surface area contributed by atoms with E-state index >= 15 is 0 Å². The first-order chi connectivity index (χ1) is 8.08. The predicted molar refractivity (Wildman–Crippen MR) is 70.1 cm³/mol. The van der Waals surface area contributed by atoms with Crippen molar-refractivity contribution >= 4 is 0 Å². The van der Waals surface area contributed by atoms with Gasteiger partial charge in [0.15, 0.2) is 6.29 Å². The molecule has 0 aromatic heterocycles. The molecule has 0 aliphatic heterocycles. The minimum absolute atomic E-state index is 0.191. The number of benzene rings is 1. The number of methoxy groups -OCH3 is 2. The van der Waals surface area contributed by atoms with Crippen molar-refractivity contribution in [1.29, 1.82) is 0 Å². The summed E-state index contributed by atoms with van der Waals surface area (Å²) in [5.74, 6) is 0. The van der Waals surface area contributed by atoms with Gasteiger partial charge in [-0.2, -0.15) is 0 Å². The molecule has 0 saturated carbocycles. The first-order valence-corrected chi connectivity index (χ1v) is 5.94. The largest absolute Gasteiger partial charge is 0.355 e. The molecule has 0 aliphatic carbocycles. The van der Waals surface area contributed by atoms with Gasteiger partial charge in [-0.3, -0.25) is 0 Å². The Morgan fingerprint density at radius 2 is 1.82 bits per heavy atom. The van der Waals surface area contributed by atoms with Crippen molar-refractivity contribution in [2.24, 2.45) is 0 Å². The predicted octanol–water partition coefficient (Wildman–Crippen LogP) is 2.57. The average molecular weight is 237 g/mol. The first-order valence-electron chi connectivity index (χ1n) is 5.94. The summed E-state index contributed by atoms with van der Waals surface area (Å²) in [5, 5.41) is 3.41. The van der Waals surface area contributed by atoms with Gasteiger partial charge in [0, 0.05) is 26.8 Å². The monoisotopic (exact) mass is 237 g/mol. The maximum atomic E-state index is 5.15. The van der Waals surface area contributed by atoms with E-state index in [1.165, 1.54) is 16.7 Å². The lowest BCUT2D eigenvalue weighted by atomic mass is 10.0. The summed E-state index contributed by atoms with van der Waals surface area (Å²) >= 11 is 0. The maximum absolute atomic E-state index is 5.15. The number of ether oxygens (including phenoxy) is 2. The summed E-state index contributed by atoms with van der Waals surface area (Å²) in [6, 6.07) is 6.82. The van der Waals surface area contributed by atoms with Gasteiger partial charge in [0.05, 0.1) is 0 Å². The number of nitrogens with one attached hydrogen (secondary N) is 1. The molecular formula is C14H23NO2. The van der Waals surface area contributed by atoms with Gasteiger partial charge in [0.1, 0.15) is 0 Å². The molecule has 17 heavy (non-hydrogen) atoms. The summed E-state index contributed by atoms with van der Waals surface area (Å²) in [7, 11) is 3.30. The highest BCUT2D eigenvalue weighted by atomic mass is 16.7. The molecule has 3 nitrogen and oxygen atoms in total. The Morgan fingerprint density at radius 1 is 1.18 bits per heavy atom. The Kier molecular flexibility index (Phi) is 5.62. The quantitative estimate of drug-likeness (QED) is 0.771. The molecule has 0 radical (unpaired) electrons. The van der Waals surface area contributed by atoms with Crippen LogP contribution in [0.3, 0.4) is 0 Å². The van der Waals surface area contributed by atoms with Gasteiger partial charge in [-0.15, -0.1) is 0 Å². The van der Waals surface area contributed by atoms with Crippen LogP contribution in [0.15, 0.2) is 18.2 Å². The summed E-state index contributed by atoms with van der Waals surface area (Å²) in [6.45, 7) is 7.09. The van der Waals surface area contributed by atoms with Crippen LogP contribution in [0.1, 0.15) is 29.7 Å². The number of aryl methyl sites for hydroxylation is 2. The topological polar surface area (TPSA) is 30.5 Å². The zero-order valence-electron chi connectivity index (χ0n) is 11.4. The van der Waals surface area contributed by atoms with E-state index in [9.17, 15) is 0 Å². The van der Waals surface area contributed by atoms with Crippen LogP contribution in [0.5, 0.6) is 0 Å². The fourth-order valence-electron chi connectivity index (χ4n) is 1.96. The Labute approximate surface area is 104 Å². The second-order valence-electron chi connectivity index (χ2n) is 4.39. The molecule has 0 bridgehead atoms. The van der Waals surface area contributed by atoms with Gasteiger partial charge < -0.3 is 14.8 Å². The van der Waals surface area contributed by atoms with Crippen LogP contribution in [0.25, 0.3) is 0 Å². The fraction of sp³-hybridized carbons (Fsp3) is 0.571. The molecule has 0 spiro atoms. The van der Waals surface area contributed by atoms with Crippen LogP contribution >= 0.6 is 0 Å². The van der Waals surface area contributed by atoms with Crippen molar-refractivity contribution in [2.45, 2.75) is 33.1 Å². The molecule has 1 atom stereocenters. The average Bonchev–Trinajstić information content (AvgIpc) is 2.30. The van der Waals surface area contributed by atoms with E-state index in [2.05, 4.69) is 44.3 Å². The minimum atomic E-state index is -0.191. The van der Waals surface area contributed by atoms with E-state index in [0.717, 1.165) is 0 Å². The number of rotatable bonds is 6. The highest BCUT2D eigenvalue weighted by molar-refractivity contribution is 5.32. The van der Waals surface area contributed by atoms with Crippen LogP contribution in [-0.2, 0) is 9.47 Å². The fourth-order valence-corrected chi connectivity index (χ4v) is 1.96. The lowest BCUT2D eigenvalue weighted by Gasteiger charge is -2.20. The molecule has 0 fully saturated rings. The van der Waals surface area contributed by atoms with Crippen molar-refractivity contribution < 1.29 is 9.47 Å².